The SMILES string of the molecule is C=C1C=CC([O])=CC1. The van der Waals surface area contributed by atoms with Gasteiger partial charge in [-0.3, -0.25) is 5.11 Å². The Morgan fingerprint density at radius 1 is 1.50 bits per heavy atom. The Bertz CT molecular complexity index is 160. The molecule has 0 aliphatic heterocycles. The van der Waals surface area contributed by atoms with E-state index in [0.29, 0.717) is 0 Å². The van der Waals surface area contributed by atoms with Gasteiger partial charge in [-0.05, 0) is 18.6 Å². The third kappa shape index (κ3) is 0.997. The van der Waals surface area contributed by atoms with Crippen molar-refractivity contribution in [2.75, 3.05) is 0 Å². The molecule has 1 nitrogen and oxygen atoms in total. The average molecular weight is 107 g/mol. The van der Waals surface area contributed by atoms with Crippen LogP contribution in [0.15, 0.2) is 36.1 Å². The summed E-state index contributed by atoms with van der Waals surface area (Å²) in [5.74, 6) is 0.0948. The van der Waals surface area contributed by atoms with Crippen LogP contribution in [0.5, 0.6) is 0 Å². The molecule has 41 valence electrons. The van der Waals surface area contributed by atoms with Crippen molar-refractivity contribution in [1.82, 2.24) is 0 Å². The minimum atomic E-state index is 0.0948. The molecule has 0 unspecified atom stereocenters. The van der Waals surface area contributed by atoms with Crippen LogP contribution in [0.2, 0.25) is 0 Å². The van der Waals surface area contributed by atoms with Gasteiger partial charge in [0, 0.05) is 0 Å². The quantitative estimate of drug-likeness (QED) is 0.450. The van der Waals surface area contributed by atoms with Crippen molar-refractivity contribution < 1.29 is 5.11 Å². The zero-order valence-corrected chi connectivity index (χ0v) is 4.55. The van der Waals surface area contributed by atoms with E-state index in [9.17, 15) is 5.11 Å². The second-order valence-electron chi connectivity index (χ2n) is 1.80. The molecule has 1 rings (SSSR count). The van der Waals surface area contributed by atoms with Crippen molar-refractivity contribution in [1.29, 1.82) is 0 Å². The molecule has 0 fully saturated rings. The largest absolute Gasteiger partial charge is 0.290 e. The van der Waals surface area contributed by atoms with E-state index >= 15 is 0 Å². The summed E-state index contributed by atoms with van der Waals surface area (Å²) in [4.78, 5) is 0. The summed E-state index contributed by atoms with van der Waals surface area (Å²) in [5.41, 5.74) is 1.00. The summed E-state index contributed by atoms with van der Waals surface area (Å²) in [6.07, 6.45) is 5.63. The number of allylic oxidation sites excluding steroid dienone is 4. The molecule has 0 spiro atoms. The standard InChI is InChI=1S/C7H7O/c1-6-2-4-7(8)5-3-6/h2,4-5H,1,3H2. The number of hydrogen-bond donors (Lipinski definition) is 0. The van der Waals surface area contributed by atoms with Gasteiger partial charge in [0.15, 0.2) is 5.76 Å². The Kier molecular flexibility index (Phi) is 1.20. The molecule has 0 bridgehead atoms. The summed E-state index contributed by atoms with van der Waals surface area (Å²) < 4.78 is 0. The van der Waals surface area contributed by atoms with Crippen molar-refractivity contribution in [2.45, 2.75) is 6.42 Å². The number of rotatable bonds is 0. The summed E-state index contributed by atoms with van der Waals surface area (Å²) in [6, 6.07) is 0. The first-order chi connectivity index (χ1) is 3.79. The normalized spacial score (nSPS) is 18.5. The molecule has 1 aliphatic carbocycles. The van der Waals surface area contributed by atoms with Crippen molar-refractivity contribution in [3.8, 4) is 0 Å². The Morgan fingerprint density at radius 3 is 2.62 bits per heavy atom. The smallest absolute Gasteiger partial charge is 0.175 e. The lowest BCUT2D eigenvalue weighted by Crippen LogP contribution is -1.82. The van der Waals surface area contributed by atoms with Gasteiger partial charge in [0.25, 0.3) is 0 Å². The molecule has 0 amide bonds. The topological polar surface area (TPSA) is 19.9 Å². The zero-order valence-electron chi connectivity index (χ0n) is 4.55. The van der Waals surface area contributed by atoms with Crippen LogP contribution in [0.1, 0.15) is 6.42 Å². The number of hydrogen-bond acceptors (Lipinski definition) is 0. The fourth-order valence-electron chi connectivity index (χ4n) is 0.568. The van der Waals surface area contributed by atoms with Crippen molar-refractivity contribution in [3.63, 3.8) is 0 Å². The Morgan fingerprint density at radius 2 is 2.25 bits per heavy atom. The van der Waals surface area contributed by atoms with Gasteiger partial charge in [-0.1, -0.05) is 18.2 Å². The minimum Gasteiger partial charge on any atom is -0.290 e. The lowest BCUT2D eigenvalue weighted by atomic mass is 10.1. The van der Waals surface area contributed by atoms with Crippen LogP contribution < -0.4 is 0 Å². The molecule has 0 aromatic rings. The van der Waals surface area contributed by atoms with Crippen LogP contribution in [-0.2, 0) is 5.11 Å². The van der Waals surface area contributed by atoms with E-state index in [1.54, 1.807) is 12.2 Å². The van der Waals surface area contributed by atoms with E-state index < -0.39 is 0 Å². The molecular weight excluding hydrogens is 100 g/mol. The highest BCUT2D eigenvalue weighted by Gasteiger charge is 1.95. The first-order valence-corrected chi connectivity index (χ1v) is 2.52. The minimum absolute atomic E-state index is 0.0948. The molecule has 1 aliphatic rings. The molecule has 0 aromatic carbocycles. The maximum absolute atomic E-state index is 10.4. The van der Waals surface area contributed by atoms with Crippen LogP contribution in [0.4, 0.5) is 0 Å². The predicted molar refractivity (Wildman–Crippen MR) is 31.7 cm³/mol. The fraction of sp³-hybridized carbons (Fsp3) is 0.143. The summed E-state index contributed by atoms with van der Waals surface area (Å²) >= 11 is 0. The molecule has 0 aromatic heterocycles. The van der Waals surface area contributed by atoms with Crippen molar-refractivity contribution >= 4 is 0 Å². The first-order valence-electron chi connectivity index (χ1n) is 2.52. The zero-order chi connectivity index (χ0) is 5.98. The van der Waals surface area contributed by atoms with Crippen molar-refractivity contribution in [3.05, 3.63) is 36.1 Å². The summed E-state index contributed by atoms with van der Waals surface area (Å²) in [6.45, 7) is 3.68. The second-order valence-corrected chi connectivity index (χ2v) is 1.80. The van der Waals surface area contributed by atoms with Gasteiger partial charge in [-0.15, -0.1) is 0 Å². The van der Waals surface area contributed by atoms with E-state index in [2.05, 4.69) is 6.58 Å². The Hall–Kier alpha value is -0.980. The third-order valence-corrected chi connectivity index (χ3v) is 1.05. The van der Waals surface area contributed by atoms with Crippen LogP contribution in [-0.4, -0.2) is 0 Å². The summed E-state index contributed by atoms with van der Waals surface area (Å²) in [7, 11) is 0. The monoisotopic (exact) mass is 107 g/mol. The fourth-order valence-corrected chi connectivity index (χ4v) is 0.568. The summed E-state index contributed by atoms with van der Waals surface area (Å²) in [5, 5.41) is 10.4. The van der Waals surface area contributed by atoms with Gasteiger partial charge >= 0.3 is 0 Å². The maximum atomic E-state index is 10.4. The molecule has 1 radical (unpaired) electrons. The van der Waals surface area contributed by atoms with Crippen LogP contribution in [0, 0.1) is 0 Å². The van der Waals surface area contributed by atoms with Gasteiger partial charge in [0.2, 0.25) is 0 Å². The average Bonchev–Trinajstić information content (AvgIpc) is 1.77. The van der Waals surface area contributed by atoms with E-state index in [0.717, 1.165) is 12.0 Å². The highest BCUT2D eigenvalue weighted by atomic mass is 16.3. The second kappa shape index (κ2) is 1.86. The van der Waals surface area contributed by atoms with Crippen molar-refractivity contribution in [2.24, 2.45) is 0 Å². The van der Waals surface area contributed by atoms with E-state index in [-0.39, 0.29) is 5.76 Å². The predicted octanol–water partition coefficient (Wildman–Crippen LogP) is 1.82. The molecule has 0 saturated carbocycles. The molecule has 0 N–H and O–H groups in total. The maximum Gasteiger partial charge on any atom is 0.175 e. The lowest BCUT2D eigenvalue weighted by molar-refractivity contribution is 0.313. The van der Waals surface area contributed by atoms with Gasteiger partial charge in [0.1, 0.15) is 0 Å². The van der Waals surface area contributed by atoms with Gasteiger partial charge in [-0.2, -0.15) is 0 Å². The molecular formula is C7H7O. The Labute approximate surface area is 48.6 Å². The molecule has 0 atom stereocenters. The van der Waals surface area contributed by atoms with Gasteiger partial charge < -0.3 is 0 Å². The highest BCUT2D eigenvalue weighted by Crippen LogP contribution is 2.10. The molecule has 0 heterocycles. The lowest BCUT2D eigenvalue weighted by Gasteiger charge is -1.97. The third-order valence-electron chi connectivity index (χ3n) is 1.05. The van der Waals surface area contributed by atoms with Crippen LogP contribution in [0.25, 0.3) is 0 Å². The van der Waals surface area contributed by atoms with E-state index in [1.807, 2.05) is 0 Å². The molecule has 8 heavy (non-hydrogen) atoms. The van der Waals surface area contributed by atoms with Gasteiger partial charge in [0.05, 0.1) is 0 Å². The van der Waals surface area contributed by atoms with Crippen LogP contribution >= 0.6 is 0 Å². The first kappa shape index (κ1) is 5.16. The van der Waals surface area contributed by atoms with Crippen LogP contribution in [0.3, 0.4) is 0 Å². The van der Waals surface area contributed by atoms with Gasteiger partial charge in [-0.25, -0.2) is 0 Å². The highest BCUT2D eigenvalue weighted by molar-refractivity contribution is 5.29. The Balaban J connectivity index is 2.71. The van der Waals surface area contributed by atoms with E-state index in [1.165, 1.54) is 6.08 Å². The molecule has 0 saturated heterocycles. The van der Waals surface area contributed by atoms with E-state index in [4.69, 9.17) is 0 Å². The molecule has 1 heteroatoms.